The molecule has 1 aromatic carbocycles. The molecule has 2 aliphatic heterocycles. The Bertz CT molecular complexity index is 1090. The monoisotopic (exact) mass is 413 g/mol. The quantitative estimate of drug-likeness (QED) is 0.654. The first-order valence-electron chi connectivity index (χ1n) is 9.99. The zero-order valence-electron chi connectivity index (χ0n) is 16.5. The number of rotatable bonds is 3. The molecule has 156 valence electrons. The Morgan fingerprint density at radius 3 is 2.83 bits per heavy atom. The van der Waals surface area contributed by atoms with Crippen molar-refractivity contribution >= 4 is 17.1 Å². The molecule has 0 radical (unpaired) electrons. The molecule has 0 N–H and O–H groups in total. The van der Waals surface area contributed by atoms with E-state index in [1.165, 1.54) is 12.1 Å². The number of morpholine rings is 1. The van der Waals surface area contributed by atoms with Crippen LogP contribution in [0.5, 0.6) is 0 Å². The topological polar surface area (TPSA) is 73.3 Å². The Labute approximate surface area is 172 Å². The second-order valence-corrected chi connectivity index (χ2v) is 7.66. The molecule has 2 aromatic heterocycles. The fourth-order valence-corrected chi connectivity index (χ4v) is 3.98. The zero-order chi connectivity index (χ0) is 20.7. The Kier molecular flexibility index (Phi) is 5.00. The number of aromatic nitrogens is 4. The van der Waals surface area contributed by atoms with Crippen LogP contribution in [0.2, 0.25) is 0 Å². The molecular formula is C21H21F2N5O2. The van der Waals surface area contributed by atoms with Crippen molar-refractivity contribution in [3.05, 3.63) is 41.7 Å². The summed E-state index contributed by atoms with van der Waals surface area (Å²) in [7, 11) is 0. The smallest absolute Gasteiger partial charge is 0.228 e. The van der Waals surface area contributed by atoms with Crippen LogP contribution in [-0.4, -0.2) is 59.0 Å². The van der Waals surface area contributed by atoms with Crippen molar-refractivity contribution in [1.29, 1.82) is 0 Å². The Morgan fingerprint density at radius 1 is 1.13 bits per heavy atom. The average molecular weight is 413 g/mol. The van der Waals surface area contributed by atoms with Crippen LogP contribution in [0.15, 0.2) is 24.4 Å². The maximum Gasteiger partial charge on any atom is 0.228 e. The minimum atomic E-state index is -0.703. The fraction of sp³-hybridized carbons (Fsp3) is 0.429. The third kappa shape index (κ3) is 3.59. The zero-order valence-corrected chi connectivity index (χ0v) is 16.5. The summed E-state index contributed by atoms with van der Waals surface area (Å²) in [6.07, 6.45) is 2.57. The van der Waals surface area contributed by atoms with E-state index in [9.17, 15) is 8.78 Å². The van der Waals surface area contributed by atoms with Crippen molar-refractivity contribution in [1.82, 2.24) is 19.9 Å². The highest BCUT2D eigenvalue weighted by Gasteiger charge is 2.32. The maximum atomic E-state index is 14.6. The Morgan fingerprint density at radius 2 is 2.03 bits per heavy atom. The van der Waals surface area contributed by atoms with Crippen molar-refractivity contribution < 1.29 is 18.3 Å². The van der Waals surface area contributed by atoms with Gasteiger partial charge in [0.25, 0.3) is 0 Å². The Balaban J connectivity index is 1.58. The predicted molar refractivity (Wildman–Crippen MR) is 106 cm³/mol. The lowest BCUT2D eigenvalue weighted by Crippen LogP contribution is -2.46. The molecule has 2 atom stereocenters. The lowest BCUT2D eigenvalue weighted by molar-refractivity contribution is -0.00167. The highest BCUT2D eigenvalue weighted by Crippen LogP contribution is 2.30. The van der Waals surface area contributed by atoms with Gasteiger partial charge in [-0.25, -0.2) is 23.7 Å². The standard InChI is InChI=1S/C21H21F2N5O2/c1-12-9-24-19-18(15-3-2-14(22)8-16(15)23)26-21(27-20(19)25-12)28-5-7-30-17(10-28)13-4-6-29-11-13/h2-3,8-9,13,17H,4-7,10-11H2,1H3/t13-,17-/m0/s1. The van der Waals surface area contributed by atoms with Crippen molar-refractivity contribution in [2.75, 3.05) is 37.8 Å². The van der Waals surface area contributed by atoms with Gasteiger partial charge in [-0.15, -0.1) is 0 Å². The molecule has 2 saturated heterocycles. The number of hydrogen-bond acceptors (Lipinski definition) is 7. The average Bonchev–Trinajstić information content (AvgIpc) is 3.28. The van der Waals surface area contributed by atoms with E-state index in [4.69, 9.17) is 9.47 Å². The first kappa shape index (κ1) is 19.2. The summed E-state index contributed by atoms with van der Waals surface area (Å²) < 4.78 is 39.5. The van der Waals surface area contributed by atoms with E-state index in [2.05, 4.69) is 19.9 Å². The van der Waals surface area contributed by atoms with Gasteiger partial charge in [-0.3, -0.25) is 0 Å². The van der Waals surface area contributed by atoms with Crippen LogP contribution in [0.25, 0.3) is 22.4 Å². The number of halogens is 2. The Hall–Kier alpha value is -2.78. The van der Waals surface area contributed by atoms with E-state index < -0.39 is 11.6 Å². The first-order chi connectivity index (χ1) is 14.6. The normalized spacial score (nSPS) is 22.0. The van der Waals surface area contributed by atoms with Gasteiger partial charge >= 0.3 is 0 Å². The first-order valence-corrected chi connectivity index (χ1v) is 9.99. The van der Waals surface area contributed by atoms with Gasteiger partial charge in [0.2, 0.25) is 5.95 Å². The number of nitrogens with zero attached hydrogens (tertiary/aromatic N) is 5. The summed E-state index contributed by atoms with van der Waals surface area (Å²) in [4.78, 5) is 20.1. The number of aryl methyl sites for hydroxylation is 1. The number of anilines is 1. The molecule has 5 rings (SSSR count). The highest BCUT2D eigenvalue weighted by atomic mass is 19.1. The largest absolute Gasteiger partial charge is 0.381 e. The molecule has 0 spiro atoms. The number of hydrogen-bond donors (Lipinski definition) is 0. The highest BCUT2D eigenvalue weighted by molar-refractivity contribution is 5.88. The van der Waals surface area contributed by atoms with Crippen LogP contribution >= 0.6 is 0 Å². The van der Waals surface area contributed by atoms with Crippen LogP contribution in [0.4, 0.5) is 14.7 Å². The van der Waals surface area contributed by atoms with Gasteiger partial charge in [0.05, 0.1) is 25.0 Å². The molecule has 3 aromatic rings. The van der Waals surface area contributed by atoms with Gasteiger partial charge in [0, 0.05) is 43.4 Å². The predicted octanol–water partition coefficient (Wildman–Crippen LogP) is 2.92. The van der Waals surface area contributed by atoms with E-state index in [0.29, 0.717) is 60.7 Å². The summed E-state index contributed by atoms with van der Waals surface area (Å²) in [5.74, 6) is -0.574. The third-order valence-corrected chi connectivity index (χ3v) is 5.57. The van der Waals surface area contributed by atoms with Gasteiger partial charge in [-0.05, 0) is 25.5 Å². The summed E-state index contributed by atoms with van der Waals surface area (Å²) in [5, 5.41) is 0. The lowest BCUT2D eigenvalue weighted by Gasteiger charge is -2.35. The van der Waals surface area contributed by atoms with E-state index in [-0.39, 0.29) is 11.7 Å². The second kappa shape index (κ2) is 7.81. The summed E-state index contributed by atoms with van der Waals surface area (Å²) in [6, 6.07) is 3.42. The van der Waals surface area contributed by atoms with Gasteiger partial charge in [-0.2, -0.15) is 4.98 Å². The van der Waals surface area contributed by atoms with Crippen molar-refractivity contribution in [3.63, 3.8) is 0 Å². The molecule has 2 fully saturated rings. The van der Waals surface area contributed by atoms with Crippen molar-refractivity contribution in [2.45, 2.75) is 19.4 Å². The molecule has 0 bridgehead atoms. The SMILES string of the molecule is Cc1cnc2c(-c3ccc(F)cc3F)nc(N3CCO[C@H]([C@H]4CCOC4)C3)nc2n1. The fourth-order valence-electron chi connectivity index (χ4n) is 3.98. The summed E-state index contributed by atoms with van der Waals surface area (Å²) >= 11 is 0. The van der Waals surface area contributed by atoms with E-state index in [1.807, 2.05) is 11.8 Å². The summed E-state index contributed by atoms with van der Waals surface area (Å²) in [5.41, 5.74) is 1.92. The number of benzene rings is 1. The second-order valence-electron chi connectivity index (χ2n) is 7.66. The molecule has 2 aliphatic rings. The van der Waals surface area contributed by atoms with Gasteiger partial charge < -0.3 is 14.4 Å². The number of fused-ring (bicyclic) bond motifs is 1. The lowest BCUT2D eigenvalue weighted by atomic mass is 10.0. The molecule has 4 heterocycles. The molecule has 0 saturated carbocycles. The van der Waals surface area contributed by atoms with Crippen LogP contribution in [-0.2, 0) is 9.47 Å². The van der Waals surface area contributed by atoms with Crippen LogP contribution in [0, 0.1) is 24.5 Å². The van der Waals surface area contributed by atoms with Crippen LogP contribution in [0.3, 0.4) is 0 Å². The molecule has 0 amide bonds. The minimum Gasteiger partial charge on any atom is -0.381 e. The van der Waals surface area contributed by atoms with Crippen LogP contribution in [0.1, 0.15) is 12.1 Å². The van der Waals surface area contributed by atoms with E-state index in [0.717, 1.165) is 19.1 Å². The van der Waals surface area contributed by atoms with Crippen LogP contribution < -0.4 is 4.90 Å². The molecule has 7 nitrogen and oxygen atoms in total. The van der Waals surface area contributed by atoms with Crippen molar-refractivity contribution in [3.8, 4) is 11.3 Å². The molecular weight excluding hydrogens is 392 g/mol. The molecule has 9 heteroatoms. The van der Waals surface area contributed by atoms with E-state index in [1.54, 1.807) is 6.20 Å². The number of ether oxygens (including phenoxy) is 2. The van der Waals surface area contributed by atoms with Crippen molar-refractivity contribution in [2.24, 2.45) is 5.92 Å². The third-order valence-electron chi connectivity index (χ3n) is 5.57. The van der Waals surface area contributed by atoms with Gasteiger partial charge in [0.15, 0.2) is 5.65 Å². The van der Waals surface area contributed by atoms with E-state index >= 15 is 0 Å². The molecule has 30 heavy (non-hydrogen) atoms. The van der Waals surface area contributed by atoms with Gasteiger partial charge in [0.1, 0.15) is 22.8 Å². The van der Waals surface area contributed by atoms with Gasteiger partial charge in [-0.1, -0.05) is 0 Å². The molecule has 0 aliphatic carbocycles. The maximum absolute atomic E-state index is 14.6. The molecule has 0 unspecified atom stereocenters. The minimum absolute atomic E-state index is 0.0233. The summed E-state index contributed by atoms with van der Waals surface area (Å²) in [6.45, 7) is 5.03.